The van der Waals surface area contributed by atoms with Crippen LogP contribution in [0.5, 0.6) is 0 Å². The van der Waals surface area contributed by atoms with Crippen LogP contribution in [-0.2, 0) is 0 Å². The highest BCUT2D eigenvalue weighted by Gasteiger charge is 2.08. The number of rotatable bonds is 4. The van der Waals surface area contributed by atoms with Gasteiger partial charge in [-0.1, -0.05) is 0 Å². The van der Waals surface area contributed by atoms with Gasteiger partial charge in [0, 0.05) is 25.0 Å². The highest BCUT2D eigenvalue weighted by Crippen LogP contribution is 2.15. The fraction of sp³-hybridized carbons (Fsp3) is 0.400. The Labute approximate surface area is 93.1 Å². The summed E-state index contributed by atoms with van der Waals surface area (Å²) in [7, 11) is 0. The van der Waals surface area contributed by atoms with Crippen molar-refractivity contribution in [2.75, 3.05) is 17.7 Å². The van der Waals surface area contributed by atoms with Crippen LogP contribution in [0.4, 0.5) is 11.6 Å². The van der Waals surface area contributed by atoms with Crippen LogP contribution in [0.3, 0.4) is 0 Å². The molecule has 0 bridgehead atoms. The van der Waals surface area contributed by atoms with Crippen molar-refractivity contribution in [1.82, 2.24) is 14.4 Å². The number of nitrogens with one attached hydrogen (secondary N) is 1. The van der Waals surface area contributed by atoms with Crippen LogP contribution in [0.1, 0.15) is 13.3 Å². The van der Waals surface area contributed by atoms with E-state index in [1.807, 2.05) is 17.5 Å². The normalized spacial score (nSPS) is 12.9. The Bertz CT molecular complexity index is 481. The first kappa shape index (κ1) is 10.7. The van der Waals surface area contributed by atoms with Gasteiger partial charge in [-0.05, 0) is 13.3 Å². The minimum absolute atomic E-state index is 0.125. The van der Waals surface area contributed by atoms with Crippen LogP contribution in [-0.4, -0.2) is 32.1 Å². The van der Waals surface area contributed by atoms with Gasteiger partial charge in [0.1, 0.15) is 5.82 Å². The standard InChI is InChI=1S/C10H15N5O/c1-7(2-5-16)13-9-10-12-3-4-15(10)6-8(11)14-9/h3-4,6-7,16H,2,5,11H2,1H3,(H,13,14). The first-order valence-electron chi connectivity index (χ1n) is 5.17. The van der Waals surface area contributed by atoms with Gasteiger partial charge in [0.2, 0.25) is 0 Å². The lowest BCUT2D eigenvalue weighted by Gasteiger charge is -2.13. The number of fused-ring (bicyclic) bond motifs is 1. The van der Waals surface area contributed by atoms with Crippen molar-refractivity contribution in [3.05, 3.63) is 18.6 Å². The van der Waals surface area contributed by atoms with Crippen LogP contribution in [0.2, 0.25) is 0 Å². The number of imidazole rings is 1. The zero-order valence-electron chi connectivity index (χ0n) is 9.09. The fourth-order valence-corrected chi connectivity index (χ4v) is 1.55. The summed E-state index contributed by atoms with van der Waals surface area (Å²) in [5.41, 5.74) is 6.42. The smallest absolute Gasteiger partial charge is 0.180 e. The number of hydrogen-bond acceptors (Lipinski definition) is 5. The van der Waals surface area contributed by atoms with E-state index in [1.165, 1.54) is 0 Å². The van der Waals surface area contributed by atoms with Crippen molar-refractivity contribution in [3.63, 3.8) is 0 Å². The topological polar surface area (TPSA) is 88.5 Å². The third kappa shape index (κ3) is 2.06. The minimum atomic E-state index is 0.125. The zero-order valence-corrected chi connectivity index (χ0v) is 9.09. The van der Waals surface area contributed by atoms with E-state index in [0.717, 1.165) is 5.65 Å². The summed E-state index contributed by atoms with van der Waals surface area (Å²) in [4.78, 5) is 8.39. The van der Waals surface area contributed by atoms with Gasteiger partial charge in [-0.3, -0.25) is 0 Å². The molecule has 2 heterocycles. The molecule has 1 unspecified atom stereocenters. The van der Waals surface area contributed by atoms with E-state index in [-0.39, 0.29) is 12.6 Å². The molecular formula is C10H15N5O. The Hall–Kier alpha value is -1.82. The summed E-state index contributed by atoms with van der Waals surface area (Å²) in [5, 5.41) is 12.0. The Balaban J connectivity index is 2.31. The summed E-state index contributed by atoms with van der Waals surface area (Å²) >= 11 is 0. The predicted octanol–water partition coefficient (Wildman–Crippen LogP) is 0.494. The monoisotopic (exact) mass is 221 g/mol. The molecule has 0 aliphatic carbocycles. The average Bonchev–Trinajstić information content (AvgIpc) is 2.65. The summed E-state index contributed by atoms with van der Waals surface area (Å²) in [6.07, 6.45) is 5.88. The summed E-state index contributed by atoms with van der Waals surface area (Å²) in [6.45, 7) is 2.11. The van der Waals surface area contributed by atoms with E-state index in [4.69, 9.17) is 10.8 Å². The van der Waals surface area contributed by atoms with Crippen molar-refractivity contribution >= 4 is 17.3 Å². The van der Waals surface area contributed by atoms with E-state index in [0.29, 0.717) is 18.1 Å². The molecule has 0 saturated carbocycles. The van der Waals surface area contributed by atoms with Gasteiger partial charge in [-0.15, -0.1) is 0 Å². The van der Waals surface area contributed by atoms with E-state index in [1.54, 1.807) is 12.4 Å². The molecule has 0 saturated heterocycles. The van der Waals surface area contributed by atoms with Gasteiger partial charge in [0.05, 0.1) is 6.20 Å². The molecule has 2 rings (SSSR count). The second-order valence-corrected chi connectivity index (χ2v) is 3.73. The fourth-order valence-electron chi connectivity index (χ4n) is 1.55. The van der Waals surface area contributed by atoms with Crippen molar-refractivity contribution in [2.45, 2.75) is 19.4 Å². The first-order valence-corrected chi connectivity index (χ1v) is 5.17. The zero-order chi connectivity index (χ0) is 11.5. The average molecular weight is 221 g/mol. The molecule has 0 amide bonds. The molecule has 0 spiro atoms. The largest absolute Gasteiger partial charge is 0.396 e. The molecule has 0 aliphatic rings. The third-order valence-corrected chi connectivity index (χ3v) is 2.34. The molecule has 4 N–H and O–H groups in total. The lowest BCUT2D eigenvalue weighted by atomic mass is 10.2. The highest BCUT2D eigenvalue weighted by molar-refractivity contribution is 5.65. The first-order chi connectivity index (χ1) is 7.70. The quantitative estimate of drug-likeness (QED) is 0.699. The van der Waals surface area contributed by atoms with Crippen molar-refractivity contribution in [1.29, 1.82) is 0 Å². The molecule has 0 radical (unpaired) electrons. The lowest BCUT2D eigenvalue weighted by Crippen LogP contribution is -2.18. The number of aliphatic hydroxyl groups excluding tert-OH is 1. The molecular weight excluding hydrogens is 206 g/mol. The van der Waals surface area contributed by atoms with Crippen molar-refractivity contribution in [2.24, 2.45) is 0 Å². The van der Waals surface area contributed by atoms with Gasteiger partial charge in [-0.2, -0.15) is 0 Å². The number of nitrogens with zero attached hydrogens (tertiary/aromatic N) is 3. The summed E-state index contributed by atoms with van der Waals surface area (Å²) in [6, 6.07) is 0.125. The third-order valence-electron chi connectivity index (χ3n) is 2.34. The van der Waals surface area contributed by atoms with Crippen LogP contribution in [0.15, 0.2) is 18.6 Å². The Morgan fingerprint density at radius 1 is 1.62 bits per heavy atom. The lowest BCUT2D eigenvalue weighted by molar-refractivity contribution is 0.282. The van der Waals surface area contributed by atoms with E-state index < -0.39 is 0 Å². The maximum atomic E-state index is 8.84. The van der Waals surface area contributed by atoms with Crippen LogP contribution < -0.4 is 11.1 Å². The number of aromatic nitrogens is 3. The second-order valence-electron chi connectivity index (χ2n) is 3.73. The molecule has 86 valence electrons. The molecule has 2 aromatic heterocycles. The van der Waals surface area contributed by atoms with Crippen LogP contribution >= 0.6 is 0 Å². The number of anilines is 2. The van der Waals surface area contributed by atoms with Crippen molar-refractivity contribution in [3.8, 4) is 0 Å². The predicted molar refractivity (Wildman–Crippen MR) is 62.2 cm³/mol. The van der Waals surface area contributed by atoms with E-state index >= 15 is 0 Å². The van der Waals surface area contributed by atoms with Gasteiger partial charge in [-0.25, -0.2) is 9.97 Å². The van der Waals surface area contributed by atoms with Gasteiger partial charge < -0.3 is 20.6 Å². The SMILES string of the molecule is CC(CCO)Nc1nc(N)cn2ccnc12. The molecule has 0 aliphatic heterocycles. The summed E-state index contributed by atoms with van der Waals surface area (Å²) < 4.78 is 1.82. The molecule has 16 heavy (non-hydrogen) atoms. The second kappa shape index (κ2) is 4.36. The number of nitrogen functional groups attached to an aromatic ring is 1. The molecule has 2 aromatic rings. The minimum Gasteiger partial charge on any atom is -0.396 e. The maximum Gasteiger partial charge on any atom is 0.180 e. The highest BCUT2D eigenvalue weighted by atomic mass is 16.3. The Morgan fingerprint density at radius 3 is 3.19 bits per heavy atom. The van der Waals surface area contributed by atoms with Gasteiger partial charge in [0.15, 0.2) is 11.5 Å². The van der Waals surface area contributed by atoms with Crippen LogP contribution in [0, 0.1) is 0 Å². The van der Waals surface area contributed by atoms with Gasteiger partial charge >= 0.3 is 0 Å². The molecule has 6 nitrogen and oxygen atoms in total. The molecule has 0 fully saturated rings. The maximum absolute atomic E-state index is 8.84. The number of aliphatic hydroxyl groups is 1. The Morgan fingerprint density at radius 2 is 2.44 bits per heavy atom. The van der Waals surface area contributed by atoms with E-state index in [9.17, 15) is 0 Å². The van der Waals surface area contributed by atoms with Gasteiger partial charge in [0.25, 0.3) is 0 Å². The number of hydrogen-bond donors (Lipinski definition) is 3. The summed E-state index contributed by atoms with van der Waals surface area (Å²) in [5.74, 6) is 1.08. The molecule has 1 atom stereocenters. The molecule has 6 heteroatoms. The van der Waals surface area contributed by atoms with E-state index in [2.05, 4.69) is 15.3 Å². The van der Waals surface area contributed by atoms with Crippen molar-refractivity contribution < 1.29 is 5.11 Å². The molecule has 0 aromatic carbocycles. The number of nitrogens with two attached hydrogens (primary N) is 1. The van der Waals surface area contributed by atoms with Crippen LogP contribution in [0.25, 0.3) is 5.65 Å². The Kier molecular flexibility index (Phi) is 2.91.